The first-order valence-electron chi connectivity index (χ1n) is 42.9. The Kier molecular flexibility index (Phi) is 31.8. The third-order valence-electron chi connectivity index (χ3n) is 20.7. The second-order valence-corrected chi connectivity index (χ2v) is 38.9. The molecule has 49 heteroatoms. The van der Waals surface area contributed by atoms with Gasteiger partial charge in [0.1, 0.15) is 50.0 Å². The van der Waals surface area contributed by atoms with Gasteiger partial charge in [-0.25, -0.2) is 4.98 Å². The number of nitrogens with one attached hydrogen (secondary N) is 2. The maximum absolute atomic E-state index is 12.9. The van der Waals surface area contributed by atoms with Crippen LogP contribution >= 0.6 is 11.6 Å². The minimum absolute atomic E-state index is 0.0492. The molecule has 1 aliphatic heterocycles. The zero-order valence-corrected chi connectivity index (χ0v) is 80.2. The normalized spacial score (nSPS) is 13.1. The van der Waals surface area contributed by atoms with E-state index in [0.29, 0.717) is 102 Å². The van der Waals surface area contributed by atoms with Crippen LogP contribution in [0.1, 0.15) is 59.2 Å². The summed E-state index contributed by atoms with van der Waals surface area (Å²) in [6.45, 7) is 8.30. The van der Waals surface area contributed by atoms with Crippen LogP contribution in [-0.4, -0.2) is 140 Å². The summed E-state index contributed by atoms with van der Waals surface area (Å²) in [4.78, 5) is 32.3. The van der Waals surface area contributed by atoms with Gasteiger partial charge in [-0.1, -0.05) is 67.1 Å². The molecule has 142 heavy (non-hydrogen) atoms. The molecule has 0 amide bonds. The number of anilines is 6. The van der Waals surface area contributed by atoms with Crippen molar-refractivity contribution >= 4 is 188 Å². The van der Waals surface area contributed by atoms with E-state index in [-0.39, 0.29) is 155 Å². The summed E-state index contributed by atoms with van der Waals surface area (Å²) in [7, 11) is -22.9. The minimum atomic E-state index is -4.87. The first kappa shape index (κ1) is 101. The van der Waals surface area contributed by atoms with Crippen molar-refractivity contribution in [1.82, 2.24) is 29.9 Å². The Morgan fingerprint density at radius 3 is 1.19 bits per heavy atom. The molecule has 43 nitrogen and oxygen atoms in total. The molecule has 0 radical (unpaired) electrons. The number of azo groups is 8. The van der Waals surface area contributed by atoms with Gasteiger partial charge >= 0.3 is 0 Å². The van der Waals surface area contributed by atoms with Gasteiger partial charge in [0.05, 0.1) is 113 Å². The molecule has 0 atom stereocenters. The Morgan fingerprint density at radius 2 is 0.725 bits per heavy atom. The fraction of sp³-hybridized carbons (Fsp3) is 0.161. The van der Waals surface area contributed by atoms with Gasteiger partial charge in [0, 0.05) is 62.4 Å². The predicted molar refractivity (Wildman–Crippen MR) is 528 cm³/mol. The lowest BCUT2D eigenvalue weighted by atomic mass is 10.1. The highest BCUT2D eigenvalue weighted by molar-refractivity contribution is 7.87. The van der Waals surface area contributed by atoms with Crippen molar-refractivity contribution in [2.45, 2.75) is 73.0 Å². The number of benzene rings is 12. The molecule has 0 saturated carbocycles. The van der Waals surface area contributed by atoms with Gasteiger partial charge in [0.15, 0.2) is 0 Å². The van der Waals surface area contributed by atoms with Crippen LogP contribution in [0.3, 0.4) is 0 Å². The van der Waals surface area contributed by atoms with E-state index in [1.165, 1.54) is 78.9 Å². The number of piperazine rings is 1. The smallest absolute Gasteiger partial charge is 0.296 e. The average Bonchev–Trinajstić information content (AvgIpc) is 0.796. The quantitative estimate of drug-likeness (QED) is 0.0107. The Bertz CT molecular complexity index is 7930. The van der Waals surface area contributed by atoms with Crippen LogP contribution in [-0.2, 0) is 63.4 Å². The third-order valence-corrected chi connectivity index (χ3v) is 25.3. The summed E-state index contributed by atoms with van der Waals surface area (Å²) in [6.07, 6.45) is 0.457. The summed E-state index contributed by atoms with van der Waals surface area (Å²) in [5, 5.41) is 75.4. The summed E-state index contributed by atoms with van der Waals surface area (Å²) < 4.78 is 183. The zero-order valence-electron chi connectivity index (χ0n) is 75.3. The van der Waals surface area contributed by atoms with E-state index >= 15 is 0 Å². The largest absolute Gasteiger partial charge is 0.493 e. The van der Waals surface area contributed by atoms with E-state index in [0.717, 1.165) is 12.1 Å². The molecule has 0 aliphatic carbocycles. The lowest BCUT2D eigenvalue weighted by molar-refractivity contribution is 0.313. The van der Waals surface area contributed by atoms with Crippen LogP contribution in [0.15, 0.2) is 356 Å². The molecule has 724 valence electrons. The lowest BCUT2D eigenvalue weighted by Crippen LogP contribution is -2.48. The average molecular weight is 2030 g/mol. The van der Waals surface area contributed by atoms with Gasteiger partial charge in [0.2, 0.25) is 23.8 Å². The Labute approximate surface area is 818 Å². The standard InChI is InChI=1S/C93H83ClN26O17S5/c1-5-45-136-85-56-81(117-116-80-40-32-73(55-87(80)142(133,134)135)112-104-64-15-10-7-11-16-64)60(4)50-83(85)96-91-100-90(95-71-30-38-78(59(3)49-71)113-109-67-22-18-65(19-23-67)105-107-69-26-33-74(34-27-69)139(124,125)126)101-93(102-91)120-43-41-119(42-44-120)92-98-88(51-61-17-37-77(58(2)48-61)114-115-79-39-31-72(54-86(79)141(130,131)132)111-103-63-13-8-6-9-14-63)97-89(99-92)53-62-52-76(94)82(57-84(62)137-46-12-47-138(121,122)123)118-110-68-24-20-66(21-25-68)106-108-70-28-35-75(36-29-70)140(127,128)129/h6-11,13-40,48-50,52,54-57H,5,12,41-47,51,53H2,1-4H3,(H,121,122,123)(H,124,125,126)(H,127,128,129)(H,130,131,132)(H,133,134,135)(H2,95,96,100,101,102). The van der Waals surface area contributed by atoms with Crippen molar-refractivity contribution in [3.05, 3.63) is 299 Å². The van der Waals surface area contributed by atoms with Gasteiger partial charge in [-0.2, -0.15) is 133 Å². The number of halogens is 1. The highest BCUT2D eigenvalue weighted by Gasteiger charge is 2.28. The number of aromatic nitrogens is 6. The van der Waals surface area contributed by atoms with Crippen LogP contribution in [0.25, 0.3) is 0 Å². The highest BCUT2D eigenvalue weighted by atomic mass is 35.5. The molecule has 1 saturated heterocycles. The van der Waals surface area contributed by atoms with Crippen molar-refractivity contribution < 1.29 is 74.3 Å². The second kappa shape index (κ2) is 44.9. The van der Waals surface area contributed by atoms with E-state index in [4.69, 9.17) is 51.0 Å². The molecule has 14 aromatic rings. The van der Waals surface area contributed by atoms with Crippen LogP contribution < -0.4 is 29.9 Å². The molecule has 0 bridgehead atoms. The van der Waals surface area contributed by atoms with E-state index < -0.39 is 66.1 Å². The van der Waals surface area contributed by atoms with E-state index in [2.05, 4.69) is 92.5 Å². The van der Waals surface area contributed by atoms with Crippen LogP contribution in [0.5, 0.6) is 11.5 Å². The lowest BCUT2D eigenvalue weighted by Gasteiger charge is -2.35. The maximum atomic E-state index is 12.9. The number of hydrogen-bond donors (Lipinski definition) is 7. The molecule has 3 heterocycles. The van der Waals surface area contributed by atoms with E-state index in [1.807, 2.05) is 35.8 Å². The van der Waals surface area contributed by atoms with Gasteiger partial charge < -0.3 is 29.9 Å². The Hall–Kier alpha value is -15.9. The summed E-state index contributed by atoms with van der Waals surface area (Å²) in [5.41, 5.74) is 8.37. The fourth-order valence-corrected chi connectivity index (χ4v) is 16.5. The molecule has 0 unspecified atom stereocenters. The van der Waals surface area contributed by atoms with Crippen molar-refractivity contribution in [1.29, 1.82) is 0 Å². The molecule has 15 rings (SSSR count). The SMILES string of the molecule is CCCOc1cc(N=Nc2ccc(N=Nc3ccccc3)cc2S(=O)(=O)O)c(C)cc1Nc1nc(Nc2ccc(N=Nc3ccc(N=Nc4ccc(S(=O)(=O)O)cc4)cc3)c(C)c2)nc(N2CCN(c3nc(Cc4ccc(N=Nc5ccc(N=Nc6ccccc6)cc5S(=O)(=O)O)c(C)c4)nc(Cc4cc(Cl)c(N=Nc5ccc(N=Nc6ccc(S(=O)(=O)O)cc6)cc5)cc4OCCCS(=O)(=O)O)n3)CC2)n1. The van der Waals surface area contributed by atoms with Crippen LogP contribution in [0.4, 0.5) is 126 Å². The number of nitrogens with zero attached hydrogens (tertiary/aromatic N) is 24. The van der Waals surface area contributed by atoms with Crippen LogP contribution in [0.2, 0.25) is 5.02 Å². The van der Waals surface area contributed by atoms with Crippen molar-refractivity contribution in [3.8, 4) is 11.5 Å². The van der Waals surface area contributed by atoms with Gasteiger partial charge in [-0.15, -0.1) is 15.3 Å². The molecule has 1 aliphatic rings. The first-order chi connectivity index (χ1) is 68.0. The second-order valence-electron chi connectivity index (χ2n) is 31.3. The minimum Gasteiger partial charge on any atom is -0.493 e. The van der Waals surface area contributed by atoms with E-state index in [9.17, 15) is 64.9 Å². The monoisotopic (exact) mass is 2030 g/mol. The molecule has 12 aromatic carbocycles. The highest BCUT2D eigenvalue weighted by Crippen LogP contribution is 2.42. The van der Waals surface area contributed by atoms with Crippen molar-refractivity contribution in [3.63, 3.8) is 0 Å². The molecule has 0 spiro atoms. The van der Waals surface area contributed by atoms with Crippen molar-refractivity contribution in [2.24, 2.45) is 81.8 Å². The van der Waals surface area contributed by atoms with Gasteiger partial charge in [-0.3, -0.25) is 22.8 Å². The zero-order chi connectivity index (χ0) is 100. The van der Waals surface area contributed by atoms with Crippen LogP contribution in [0, 0.1) is 20.8 Å². The number of hydrogen-bond acceptors (Lipinski definition) is 38. The number of rotatable bonds is 38. The molecular formula is C93H83ClN26O17S5. The molecule has 7 N–H and O–H groups in total. The van der Waals surface area contributed by atoms with E-state index in [1.54, 1.807) is 166 Å². The van der Waals surface area contributed by atoms with Gasteiger partial charge in [-0.05, 0) is 250 Å². The van der Waals surface area contributed by atoms with Crippen molar-refractivity contribution in [2.75, 3.05) is 65.6 Å². The van der Waals surface area contributed by atoms with Gasteiger partial charge in [0.25, 0.3) is 50.6 Å². The fourth-order valence-electron chi connectivity index (χ4n) is 13.6. The number of ether oxygens (including phenoxy) is 2. The molecule has 2 aromatic heterocycles. The number of aryl methyl sites for hydroxylation is 3. The first-order valence-corrected chi connectivity index (χ1v) is 50.7. The summed E-state index contributed by atoms with van der Waals surface area (Å²) in [5.74, 6) is 0.931. The molecular weight excluding hydrogens is 1950 g/mol. The summed E-state index contributed by atoms with van der Waals surface area (Å²) in [6, 6.07) is 65.9. The maximum Gasteiger partial charge on any atom is 0.296 e. The Morgan fingerprint density at radius 1 is 0.345 bits per heavy atom. The topological polar surface area (TPSA) is 596 Å². The third kappa shape index (κ3) is 28.2. The molecule has 1 fully saturated rings. The predicted octanol–water partition coefficient (Wildman–Crippen LogP) is 24.4. The summed E-state index contributed by atoms with van der Waals surface area (Å²) >= 11 is 7.09. The Balaban J connectivity index is 0.737.